The Labute approximate surface area is 187 Å². The molecule has 0 saturated carbocycles. The van der Waals surface area contributed by atoms with Crippen LogP contribution >= 0.6 is 0 Å². The van der Waals surface area contributed by atoms with Gasteiger partial charge in [0.25, 0.3) is 5.91 Å². The molecule has 2 atom stereocenters. The lowest BCUT2D eigenvalue weighted by molar-refractivity contribution is -0.149. The Balaban J connectivity index is 1.65. The molecule has 0 aliphatic heterocycles. The molecule has 180 valence electrons. The second-order valence-electron chi connectivity index (χ2n) is 7.61. The van der Waals surface area contributed by atoms with Crippen LogP contribution in [0.3, 0.4) is 0 Å². The number of H-pyrrole nitrogens is 1. The highest BCUT2D eigenvalue weighted by Gasteiger charge is 2.38. The highest BCUT2D eigenvalue weighted by atomic mass is 19.4. The molecule has 0 fully saturated rings. The second-order valence-corrected chi connectivity index (χ2v) is 7.61. The number of pyridine rings is 1. The van der Waals surface area contributed by atoms with E-state index in [9.17, 15) is 31.1 Å². The maximum Gasteiger partial charge on any atom is 0.408 e. The number of carbonyl (C=O) groups excluding carboxylic acids is 1. The van der Waals surface area contributed by atoms with Gasteiger partial charge in [0.2, 0.25) is 5.95 Å². The first-order valence-electron chi connectivity index (χ1n) is 9.87. The van der Waals surface area contributed by atoms with Crippen LogP contribution in [0.1, 0.15) is 24.2 Å². The van der Waals surface area contributed by atoms with Crippen LogP contribution < -0.4 is 10.6 Å². The number of fused-ring (bicyclic) bond motifs is 2. The number of aromatic amines is 1. The minimum Gasteiger partial charge on any atom is -0.345 e. The SMILES string of the molecule is CC(NC(=O)c1cnn2ccc(-c3c[nH]c4nc(NC(C)C(F)(F)F)ncc34)cc12)C(F)(F)F. The third-order valence-electron chi connectivity index (χ3n) is 5.18. The predicted octanol–water partition coefficient (Wildman–Crippen LogP) is 4.32. The molecule has 34 heavy (non-hydrogen) atoms. The highest BCUT2D eigenvalue weighted by molar-refractivity contribution is 6.02. The van der Waals surface area contributed by atoms with Gasteiger partial charge in [-0.1, -0.05) is 0 Å². The zero-order valence-corrected chi connectivity index (χ0v) is 17.6. The minimum absolute atomic E-state index is 0.0540. The van der Waals surface area contributed by atoms with Crippen molar-refractivity contribution < 1.29 is 31.1 Å². The van der Waals surface area contributed by atoms with Crippen LogP contribution in [0.25, 0.3) is 27.7 Å². The number of alkyl halides is 6. The molecule has 4 heterocycles. The van der Waals surface area contributed by atoms with E-state index in [1.54, 1.807) is 18.3 Å². The molecule has 14 heteroatoms. The number of amides is 1. The fourth-order valence-corrected chi connectivity index (χ4v) is 3.17. The number of halogens is 6. The fourth-order valence-electron chi connectivity index (χ4n) is 3.17. The number of nitrogens with one attached hydrogen (secondary N) is 3. The van der Waals surface area contributed by atoms with Crippen molar-refractivity contribution in [3.05, 3.63) is 42.5 Å². The number of anilines is 1. The Morgan fingerprint density at radius 2 is 1.79 bits per heavy atom. The molecule has 4 rings (SSSR count). The van der Waals surface area contributed by atoms with Gasteiger partial charge in [-0.25, -0.2) is 9.50 Å². The summed E-state index contributed by atoms with van der Waals surface area (Å²) in [5.74, 6) is -1.15. The smallest absolute Gasteiger partial charge is 0.345 e. The zero-order chi connectivity index (χ0) is 24.8. The number of hydrogen-bond acceptors (Lipinski definition) is 5. The summed E-state index contributed by atoms with van der Waals surface area (Å²) in [5, 5.41) is 8.57. The van der Waals surface area contributed by atoms with Gasteiger partial charge in [0.05, 0.1) is 17.3 Å². The topological polar surface area (TPSA) is 100 Å². The largest absolute Gasteiger partial charge is 0.408 e. The Morgan fingerprint density at radius 1 is 1.09 bits per heavy atom. The van der Waals surface area contributed by atoms with E-state index in [4.69, 9.17) is 0 Å². The van der Waals surface area contributed by atoms with Crippen LogP contribution in [0.15, 0.2) is 36.9 Å². The summed E-state index contributed by atoms with van der Waals surface area (Å²) in [6.07, 6.45) is -3.48. The summed E-state index contributed by atoms with van der Waals surface area (Å²) in [6, 6.07) is -0.693. The van der Waals surface area contributed by atoms with E-state index in [2.05, 4.69) is 25.4 Å². The molecule has 1 amide bonds. The van der Waals surface area contributed by atoms with Gasteiger partial charge in [-0.3, -0.25) is 4.79 Å². The summed E-state index contributed by atoms with van der Waals surface area (Å²) in [6.45, 7) is 1.78. The Bertz CT molecular complexity index is 1360. The van der Waals surface area contributed by atoms with Crippen LogP contribution in [0.5, 0.6) is 0 Å². The first kappa shape index (κ1) is 23.3. The molecule has 0 bridgehead atoms. The van der Waals surface area contributed by atoms with Gasteiger partial charge in [0.1, 0.15) is 17.7 Å². The highest BCUT2D eigenvalue weighted by Crippen LogP contribution is 2.30. The second kappa shape index (κ2) is 8.18. The van der Waals surface area contributed by atoms with Gasteiger partial charge < -0.3 is 15.6 Å². The van der Waals surface area contributed by atoms with Crippen molar-refractivity contribution >= 4 is 28.4 Å². The molecule has 3 N–H and O–H groups in total. The van der Waals surface area contributed by atoms with Gasteiger partial charge in [-0.05, 0) is 31.5 Å². The molecular formula is C20H17F6N7O. The van der Waals surface area contributed by atoms with Crippen molar-refractivity contribution in [3.8, 4) is 11.1 Å². The van der Waals surface area contributed by atoms with Crippen LogP contribution in [0.4, 0.5) is 32.3 Å². The van der Waals surface area contributed by atoms with E-state index >= 15 is 0 Å². The standard InChI is InChI=1S/C20H17F6N7O/c1-9(19(21,22)23)30-17(34)14-8-29-33-4-3-11(5-15(14)33)12-6-27-16-13(12)7-28-18(32-16)31-10(2)20(24,25)26/h3-10H,1-2H3,(H,30,34)(H2,27,28,31,32). The van der Waals surface area contributed by atoms with Crippen LogP contribution in [0.2, 0.25) is 0 Å². The lowest BCUT2D eigenvalue weighted by Crippen LogP contribution is -2.43. The lowest BCUT2D eigenvalue weighted by Gasteiger charge is -2.16. The van der Waals surface area contributed by atoms with Crippen molar-refractivity contribution in [2.45, 2.75) is 38.3 Å². The van der Waals surface area contributed by atoms with Crippen molar-refractivity contribution in [3.63, 3.8) is 0 Å². The van der Waals surface area contributed by atoms with Crippen LogP contribution in [-0.2, 0) is 0 Å². The van der Waals surface area contributed by atoms with E-state index in [-0.39, 0.29) is 22.7 Å². The first-order chi connectivity index (χ1) is 15.8. The van der Waals surface area contributed by atoms with E-state index in [1.165, 1.54) is 16.9 Å². The molecule has 0 spiro atoms. The monoisotopic (exact) mass is 485 g/mol. The Kier molecular flexibility index (Phi) is 5.61. The number of nitrogens with zero attached hydrogens (tertiary/aromatic N) is 4. The maximum absolute atomic E-state index is 12.8. The summed E-state index contributed by atoms with van der Waals surface area (Å²) in [7, 11) is 0. The molecular weight excluding hydrogens is 468 g/mol. The first-order valence-corrected chi connectivity index (χ1v) is 9.87. The van der Waals surface area contributed by atoms with E-state index < -0.39 is 30.3 Å². The molecule has 0 aliphatic carbocycles. The fraction of sp³-hybridized carbons (Fsp3) is 0.300. The Morgan fingerprint density at radius 3 is 2.47 bits per heavy atom. The molecule has 4 aromatic heterocycles. The van der Waals surface area contributed by atoms with Crippen molar-refractivity contribution in [2.75, 3.05) is 5.32 Å². The van der Waals surface area contributed by atoms with E-state index in [0.29, 0.717) is 16.5 Å². The summed E-state index contributed by atoms with van der Waals surface area (Å²) >= 11 is 0. The Hall–Kier alpha value is -3.84. The third-order valence-corrected chi connectivity index (χ3v) is 5.18. The summed E-state index contributed by atoms with van der Waals surface area (Å²) in [5.41, 5.74) is 1.61. The molecule has 0 radical (unpaired) electrons. The van der Waals surface area contributed by atoms with Gasteiger partial charge in [-0.2, -0.15) is 36.4 Å². The maximum atomic E-state index is 12.8. The van der Waals surface area contributed by atoms with Crippen molar-refractivity contribution in [1.29, 1.82) is 0 Å². The predicted molar refractivity (Wildman–Crippen MR) is 110 cm³/mol. The van der Waals surface area contributed by atoms with E-state index in [0.717, 1.165) is 20.0 Å². The number of carbonyl (C=O) groups is 1. The molecule has 0 aromatic carbocycles. The molecule has 8 nitrogen and oxygen atoms in total. The minimum atomic E-state index is -4.60. The number of aromatic nitrogens is 5. The van der Waals surface area contributed by atoms with Crippen molar-refractivity contribution in [2.24, 2.45) is 0 Å². The normalized spacial score (nSPS) is 14.4. The molecule has 0 aliphatic rings. The average molecular weight is 485 g/mol. The summed E-state index contributed by atoms with van der Waals surface area (Å²) in [4.78, 5) is 23.3. The quantitative estimate of drug-likeness (QED) is 0.366. The van der Waals surface area contributed by atoms with Gasteiger partial charge in [0.15, 0.2) is 0 Å². The van der Waals surface area contributed by atoms with Crippen molar-refractivity contribution in [1.82, 2.24) is 29.9 Å². The summed E-state index contributed by atoms with van der Waals surface area (Å²) < 4.78 is 78.1. The molecule has 4 aromatic rings. The molecule has 0 saturated heterocycles. The van der Waals surface area contributed by atoms with Gasteiger partial charge in [-0.15, -0.1) is 0 Å². The van der Waals surface area contributed by atoms with Crippen LogP contribution in [-0.4, -0.2) is 54.9 Å². The van der Waals surface area contributed by atoms with Gasteiger partial charge in [0, 0.05) is 29.5 Å². The van der Waals surface area contributed by atoms with Crippen LogP contribution in [0, 0.1) is 0 Å². The molecule has 2 unspecified atom stereocenters. The van der Waals surface area contributed by atoms with Gasteiger partial charge >= 0.3 is 12.4 Å². The lowest BCUT2D eigenvalue weighted by atomic mass is 10.1. The average Bonchev–Trinajstić information content (AvgIpc) is 3.35. The number of hydrogen-bond donors (Lipinski definition) is 3. The number of rotatable bonds is 5. The third kappa shape index (κ3) is 4.47. The zero-order valence-electron chi connectivity index (χ0n) is 17.6. The van der Waals surface area contributed by atoms with E-state index in [1.807, 2.05) is 5.32 Å².